The summed E-state index contributed by atoms with van der Waals surface area (Å²) < 4.78 is 11.7. The summed E-state index contributed by atoms with van der Waals surface area (Å²) >= 11 is 0. The highest BCUT2D eigenvalue weighted by Gasteiger charge is 2.46. The maximum absolute atomic E-state index is 12.9. The zero-order valence-corrected chi connectivity index (χ0v) is 18.4. The number of benzene rings is 3. The Balaban J connectivity index is 1.27. The summed E-state index contributed by atoms with van der Waals surface area (Å²) in [5.74, 6) is 0.904. The number of epoxide rings is 1. The zero-order valence-electron chi connectivity index (χ0n) is 18.4. The van der Waals surface area contributed by atoms with Gasteiger partial charge in [-0.3, -0.25) is 4.79 Å². The van der Waals surface area contributed by atoms with Crippen LogP contribution in [0.3, 0.4) is 0 Å². The van der Waals surface area contributed by atoms with Crippen molar-refractivity contribution >= 4 is 16.6 Å². The van der Waals surface area contributed by atoms with Gasteiger partial charge in [0.1, 0.15) is 11.9 Å². The van der Waals surface area contributed by atoms with Crippen LogP contribution < -0.4 is 4.74 Å². The minimum absolute atomic E-state index is 0.0464. The van der Waals surface area contributed by atoms with E-state index in [1.165, 1.54) is 38.5 Å². The van der Waals surface area contributed by atoms with Gasteiger partial charge >= 0.3 is 0 Å². The van der Waals surface area contributed by atoms with Crippen LogP contribution in [0.2, 0.25) is 0 Å². The van der Waals surface area contributed by atoms with E-state index in [2.05, 4.69) is 13.0 Å². The highest BCUT2D eigenvalue weighted by atomic mass is 16.6. The molecule has 162 valence electrons. The van der Waals surface area contributed by atoms with E-state index < -0.39 is 6.10 Å². The molecule has 3 nitrogen and oxygen atoms in total. The van der Waals surface area contributed by atoms with Gasteiger partial charge < -0.3 is 9.47 Å². The standard InChI is InChI=1S/C28H32O3/c1-2-3-4-5-6-7-10-18-30-25-15-11-14-24(20-25)27-28(31-27)26(29)23-17-16-21-12-8-9-13-22(21)19-23/h8-9,11-17,19-20,27-28H,2-7,10,18H2,1H3. The normalized spacial score (nSPS) is 17.6. The van der Waals surface area contributed by atoms with E-state index in [-0.39, 0.29) is 11.9 Å². The predicted octanol–water partition coefficient (Wildman–Crippen LogP) is 7.29. The monoisotopic (exact) mass is 416 g/mol. The van der Waals surface area contributed by atoms with Crippen molar-refractivity contribution in [3.8, 4) is 5.75 Å². The summed E-state index contributed by atoms with van der Waals surface area (Å²) in [5.41, 5.74) is 1.72. The van der Waals surface area contributed by atoms with E-state index >= 15 is 0 Å². The lowest BCUT2D eigenvalue weighted by atomic mass is 10.00. The molecule has 0 bridgehead atoms. The smallest absolute Gasteiger partial charge is 0.194 e. The molecule has 1 heterocycles. The van der Waals surface area contributed by atoms with Gasteiger partial charge in [0.2, 0.25) is 0 Å². The Bertz CT molecular complexity index is 1010. The highest BCUT2D eigenvalue weighted by molar-refractivity contribution is 6.04. The fourth-order valence-electron chi connectivity index (χ4n) is 4.10. The second-order valence-electron chi connectivity index (χ2n) is 8.45. The SMILES string of the molecule is CCCCCCCCCOc1cccc(C2OC2C(=O)c2ccc3ccccc3c2)c1. The number of hydrogen-bond acceptors (Lipinski definition) is 3. The number of hydrogen-bond donors (Lipinski definition) is 0. The molecule has 1 aliphatic heterocycles. The van der Waals surface area contributed by atoms with Crippen molar-refractivity contribution in [1.82, 2.24) is 0 Å². The number of unbranched alkanes of at least 4 members (excludes halogenated alkanes) is 6. The van der Waals surface area contributed by atoms with Crippen molar-refractivity contribution < 1.29 is 14.3 Å². The van der Waals surface area contributed by atoms with E-state index in [9.17, 15) is 4.79 Å². The van der Waals surface area contributed by atoms with E-state index in [1.54, 1.807) is 0 Å². The number of ether oxygens (including phenoxy) is 2. The fourth-order valence-corrected chi connectivity index (χ4v) is 4.10. The highest BCUT2D eigenvalue weighted by Crippen LogP contribution is 2.41. The first kappa shape index (κ1) is 21.6. The average Bonchev–Trinajstić information content (AvgIpc) is 3.61. The van der Waals surface area contributed by atoms with Gasteiger partial charge in [-0.25, -0.2) is 0 Å². The largest absolute Gasteiger partial charge is 0.494 e. The minimum atomic E-state index is -0.403. The molecule has 0 saturated carbocycles. The molecule has 1 saturated heterocycles. The number of carbonyl (C=O) groups is 1. The van der Waals surface area contributed by atoms with Gasteiger partial charge in [0.15, 0.2) is 11.9 Å². The maximum atomic E-state index is 12.9. The molecule has 3 aromatic rings. The number of ketones is 1. The zero-order chi connectivity index (χ0) is 21.5. The second kappa shape index (κ2) is 10.6. The van der Waals surface area contributed by atoms with Crippen molar-refractivity contribution in [2.45, 2.75) is 64.1 Å². The van der Waals surface area contributed by atoms with Crippen LogP contribution in [-0.4, -0.2) is 18.5 Å². The summed E-state index contributed by atoms with van der Waals surface area (Å²) in [7, 11) is 0. The van der Waals surface area contributed by atoms with Gasteiger partial charge in [-0.15, -0.1) is 0 Å². The molecule has 0 amide bonds. The minimum Gasteiger partial charge on any atom is -0.494 e. The van der Waals surface area contributed by atoms with Crippen LogP contribution in [0.5, 0.6) is 5.75 Å². The molecule has 3 aromatic carbocycles. The fraction of sp³-hybridized carbons (Fsp3) is 0.393. The Morgan fingerprint density at radius 3 is 2.45 bits per heavy atom. The van der Waals surface area contributed by atoms with Crippen molar-refractivity contribution in [2.75, 3.05) is 6.61 Å². The number of fused-ring (bicyclic) bond motifs is 1. The second-order valence-corrected chi connectivity index (χ2v) is 8.45. The summed E-state index contributed by atoms with van der Waals surface area (Å²) in [6.07, 6.45) is 8.32. The Hall–Kier alpha value is -2.65. The lowest BCUT2D eigenvalue weighted by molar-refractivity contribution is 0.0954. The van der Waals surface area contributed by atoms with Crippen molar-refractivity contribution in [2.24, 2.45) is 0 Å². The summed E-state index contributed by atoms with van der Waals surface area (Å²) in [5, 5.41) is 2.21. The molecule has 0 radical (unpaired) electrons. The van der Waals surface area contributed by atoms with E-state index in [4.69, 9.17) is 9.47 Å². The Kier molecular flexibility index (Phi) is 7.37. The van der Waals surface area contributed by atoms with Crippen LogP contribution in [0.15, 0.2) is 66.7 Å². The van der Waals surface area contributed by atoms with Crippen LogP contribution in [0.1, 0.15) is 73.9 Å². The van der Waals surface area contributed by atoms with Gasteiger partial charge in [-0.05, 0) is 41.0 Å². The molecule has 4 rings (SSSR count). The number of carbonyl (C=O) groups excluding carboxylic acids is 1. The van der Waals surface area contributed by atoms with Crippen molar-refractivity contribution in [3.05, 3.63) is 77.9 Å². The summed E-state index contributed by atoms with van der Waals surface area (Å²) in [6, 6.07) is 21.9. The maximum Gasteiger partial charge on any atom is 0.194 e. The van der Waals surface area contributed by atoms with Gasteiger partial charge in [0.05, 0.1) is 6.61 Å². The van der Waals surface area contributed by atoms with Crippen LogP contribution in [0.4, 0.5) is 0 Å². The van der Waals surface area contributed by atoms with Gasteiger partial charge in [0.25, 0.3) is 0 Å². The van der Waals surface area contributed by atoms with Crippen LogP contribution in [0, 0.1) is 0 Å². The lowest BCUT2D eigenvalue weighted by Gasteiger charge is -2.07. The molecule has 3 heteroatoms. The molecule has 1 aliphatic rings. The van der Waals surface area contributed by atoms with Crippen molar-refractivity contribution in [3.63, 3.8) is 0 Å². The van der Waals surface area contributed by atoms with E-state index in [0.29, 0.717) is 5.56 Å². The Morgan fingerprint density at radius 1 is 0.839 bits per heavy atom. The molecule has 0 aromatic heterocycles. The lowest BCUT2D eigenvalue weighted by Crippen LogP contribution is -2.08. The molecule has 2 atom stereocenters. The number of Topliss-reactive ketones (excluding diaryl/α,β-unsaturated/α-hetero) is 1. The van der Waals surface area contributed by atoms with Crippen molar-refractivity contribution in [1.29, 1.82) is 0 Å². The van der Waals surface area contributed by atoms with Crippen LogP contribution in [-0.2, 0) is 4.74 Å². The first-order valence-corrected chi connectivity index (χ1v) is 11.7. The third-order valence-corrected chi connectivity index (χ3v) is 5.99. The Morgan fingerprint density at radius 2 is 1.61 bits per heavy atom. The number of rotatable bonds is 12. The molecule has 2 unspecified atom stereocenters. The summed E-state index contributed by atoms with van der Waals surface area (Å²) in [4.78, 5) is 12.9. The average molecular weight is 417 g/mol. The topological polar surface area (TPSA) is 38.8 Å². The van der Waals surface area contributed by atoms with Crippen LogP contribution in [0.25, 0.3) is 10.8 Å². The molecule has 0 N–H and O–H groups in total. The first-order valence-electron chi connectivity index (χ1n) is 11.7. The third-order valence-electron chi connectivity index (χ3n) is 5.99. The van der Waals surface area contributed by atoms with Gasteiger partial charge in [-0.2, -0.15) is 0 Å². The Labute approximate surface area is 185 Å². The molecular weight excluding hydrogens is 384 g/mol. The third kappa shape index (κ3) is 5.74. The molecular formula is C28H32O3. The van der Waals surface area contributed by atoms with E-state index in [1.807, 2.05) is 60.7 Å². The quantitative estimate of drug-likeness (QED) is 0.177. The van der Waals surface area contributed by atoms with E-state index in [0.717, 1.165) is 35.1 Å². The molecule has 1 fully saturated rings. The first-order chi connectivity index (χ1) is 15.3. The predicted molar refractivity (Wildman–Crippen MR) is 126 cm³/mol. The molecule has 0 spiro atoms. The molecule has 31 heavy (non-hydrogen) atoms. The van der Waals surface area contributed by atoms with Crippen LogP contribution >= 0.6 is 0 Å². The summed E-state index contributed by atoms with van der Waals surface area (Å²) in [6.45, 7) is 2.98. The van der Waals surface area contributed by atoms with Gasteiger partial charge in [-0.1, -0.05) is 94.0 Å². The molecule has 0 aliphatic carbocycles. The van der Waals surface area contributed by atoms with Gasteiger partial charge in [0, 0.05) is 5.56 Å².